The first-order chi connectivity index (χ1) is 10.6. The Morgan fingerprint density at radius 2 is 1.86 bits per heavy atom. The predicted molar refractivity (Wildman–Crippen MR) is 85.7 cm³/mol. The van der Waals surface area contributed by atoms with Gasteiger partial charge < -0.3 is 16.0 Å². The Morgan fingerprint density at radius 1 is 1.14 bits per heavy atom. The molecule has 1 aromatic carbocycles. The molecule has 0 bridgehead atoms. The van der Waals surface area contributed by atoms with Crippen molar-refractivity contribution in [2.75, 3.05) is 11.9 Å². The second-order valence-corrected chi connectivity index (χ2v) is 6.39. The third kappa shape index (κ3) is 3.85. The van der Waals surface area contributed by atoms with E-state index >= 15 is 0 Å². The van der Waals surface area contributed by atoms with Gasteiger partial charge in [-0.05, 0) is 63.4 Å². The van der Waals surface area contributed by atoms with E-state index in [-0.39, 0.29) is 17.7 Å². The topological polar surface area (TPSA) is 70.2 Å². The van der Waals surface area contributed by atoms with Gasteiger partial charge in [0.25, 0.3) is 5.91 Å². The van der Waals surface area contributed by atoms with Crippen molar-refractivity contribution in [1.82, 2.24) is 10.6 Å². The molecule has 3 N–H and O–H groups in total. The maximum absolute atomic E-state index is 12.3. The molecule has 5 heteroatoms. The molecule has 1 saturated carbocycles. The number of carbonyl (C=O) groups is 2. The summed E-state index contributed by atoms with van der Waals surface area (Å²) in [6.07, 6.45) is 3.90. The van der Waals surface area contributed by atoms with Crippen molar-refractivity contribution in [3.63, 3.8) is 0 Å². The van der Waals surface area contributed by atoms with E-state index in [0.717, 1.165) is 37.9 Å². The fourth-order valence-corrected chi connectivity index (χ4v) is 2.82. The summed E-state index contributed by atoms with van der Waals surface area (Å²) >= 11 is 0. The zero-order valence-electron chi connectivity index (χ0n) is 12.9. The van der Waals surface area contributed by atoms with Crippen LogP contribution in [0.1, 0.15) is 43.0 Å². The molecule has 2 atom stereocenters. The minimum Gasteiger partial charge on any atom is -0.349 e. The number of hydrogen-bond acceptors (Lipinski definition) is 3. The summed E-state index contributed by atoms with van der Waals surface area (Å²) in [5, 5.41) is 9.25. The van der Waals surface area contributed by atoms with Gasteiger partial charge in [-0.3, -0.25) is 9.59 Å². The molecule has 1 aliphatic heterocycles. The van der Waals surface area contributed by atoms with Gasteiger partial charge >= 0.3 is 0 Å². The fraction of sp³-hybridized carbons (Fsp3) is 0.529. The molecule has 0 unspecified atom stereocenters. The third-order valence-corrected chi connectivity index (χ3v) is 4.32. The van der Waals surface area contributed by atoms with E-state index in [2.05, 4.69) is 22.9 Å². The lowest BCUT2D eigenvalue weighted by molar-refractivity contribution is -0.120. The maximum Gasteiger partial charge on any atom is 0.251 e. The molecule has 1 heterocycles. The van der Waals surface area contributed by atoms with Crippen LogP contribution in [0.3, 0.4) is 0 Å². The van der Waals surface area contributed by atoms with Crippen LogP contribution in [0.4, 0.5) is 5.69 Å². The molecule has 2 amide bonds. The van der Waals surface area contributed by atoms with Gasteiger partial charge in [0, 0.05) is 29.3 Å². The molecule has 1 aliphatic carbocycles. The summed E-state index contributed by atoms with van der Waals surface area (Å²) in [7, 11) is 0. The lowest BCUT2D eigenvalue weighted by Gasteiger charge is -2.27. The van der Waals surface area contributed by atoms with Crippen LogP contribution in [0.2, 0.25) is 0 Å². The van der Waals surface area contributed by atoms with Crippen LogP contribution in [0.5, 0.6) is 0 Å². The van der Waals surface area contributed by atoms with Crippen LogP contribution in [-0.2, 0) is 4.79 Å². The Morgan fingerprint density at radius 3 is 2.50 bits per heavy atom. The van der Waals surface area contributed by atoms with Crippen LogP contribution in [-0.4, -0.2) is 30.4 Å². The van der Waals surface area contributed by atoms with Gasteiger partial charge in [0.15, 0.2) is 0 Å². The summed E-state index contributed by atoms with van der Waals surface area (Å²) in [4.78, 5) is 24.2. The van der Waals surface area contributed by atoms with Gasteiger partial charge in [0.05, 0.1) is 0 Å². The lowest BCUT2D eigenvalue weighted by atomic mass is 9.92. The average molecular weight is 301 g/mol. The SMILES string of the molecule is C[C@H]1C[C@@H](C(=O)Nc2ccc(C(=O)NC3CC3)cc2)CCN1. The summed E-state index contributed by atoms with van der Waals surface area (Å²) in [6.45, 7) is 2.99. The molecular weight excluding hydrogens is 278 g/mol. The minimum atomic E-state index is -0.0347. The normalized spacial score (nSPS) is 24.6. The van der Waals surface area contributed by atoms with E-state index in [1.54, 1.807) is 24.3 Å². The zero-order chi connectivity index (χ0) is 15.5. The van der Waals surface area contributed by atoms with Crippen molar-refractivity contribution in [2.45, 2.75) is 44.7 Å². The minimum absolute atomic E-state index is 0.0347. The molecule has 22 heavy (non-hydrogen) atoms. The van der Waals surface area contributed by atoms with Crippen molar-refractivity contribution in [3.05, 3.63) is 29.8 Å². The van der Waals surface area contributed by atoms with Crippen LogP contribution in [0, 0.1) is 5.92 Å². The largest absolute Gasteiger partial charge is 0.349 e. The van der Waals surface area contributed by atoms with E-state index in [1.165, 1.54) is 0 Å². The van der Waals surface area contributed by atoms with Gasteiger partial charge in [-0.2, -0.15) is 0 Å². The smallest absolute Gasteiger partial charge is 0.251 e. The first-order valence-electron chi connectivity index (χ1n) is 8.07. The van der Waals surface area contributed by atoms with Crippen LogP contribution in [0.15, 0.2) is 24.3 Å². The third-order valence-electron chi connectivity index (χ3n) is 4.32. The molecule has 1 aromatic rings. The van der Waals surface area contributed by atoms with E-state index in [9.17, 15) is 9.59 Å². The van der Waals surface area contributed by atoms with E-state index in [4.69, 9.17) is 0 Å². The highest BCUT2D eigenvalue weighted by atomic mass is 16.2. The first kappa shape index (κ1) is 15.0. The number of amides is 2. The zero-order valence-corrected chi connectivity index (χ0v) is 12.9. The predicted octanol–water partition coefficient (Wildman–Crippen LogP) is 1.91. The highest BCUT2D eigenvalue weighted by Gasteiger charge is 2.25. The summed E-state index contributed by atoms with van der Waals surface area (Å²) in [6, 6.07) is 7.86. The lowest BCUT2D eigenvalue weighted by Crippen LogP contribution is -2.40. The van der Waals surface area contributed by atoms with Crippen LogP contribution >= 0.6 is 0 Å². The Labute approximate surface area is 130 Å². The second kappa shape index (κ2) is 6.48. The standard InChI is InChI=1S/C17H23N3O2/c1-11-10-13(8-9-18-11)17(22)20-14-4-2-12(3-5-14)16(21)19-15-6-7-15/h2-5,11,13,15,18H,6-10H2,1H3,(H,19,21)(H,20,22)/t11-,13-/m0/s1. The van der Waals surface area contributed by atoms with Crippen molar-refractivity contribution >= 4 is 17.5 Å². The van der Waals surface area contributed by atoms with Gasteiger partial charge in [-0.1, -0.05) is 0 Å². The molecular formula is C17H23N3O2. The number of carbonyl (C=O) groups excluding carboxylic acids is 2. The van der Waals surface area contributed by atoms with Crippen molar-refractivity contribution in [1.29, 1.82) is 0 Å². The number of benzene rings is 1. The number of rotatable bonds is 4. The number of nitrogens with one attached hydrogen (secondary N) is 3. The fourth-order valence-electron chi connectivity index (χ4n) is 2.82. The molecule has 0 aromatic heterocycles. The Bertz CT molecular complexity index is 552. The monoisotopic (exact) mass is 301 g/mol. The Balaban J connectivity index is 1.55. The molecule has 118 valence electrons. The second-order valence-electron chi connectivity index (χ2n) is 6.39. The molecule has 5 nitrogen and oxygen atoms in total. The Kier molecular flexibility index (Phi) is 4.43. The van der Waals surface area contributed by atoms with Crippen LogP contribution in [0.25, 0.3) is 0 Å². The molecule has 2 fully saturated rings. The average Bonchev–Trinajstić information content (AvgIpc) is 3.32. The van der Waals surface area contributed by atoms with Crippen molar-refractivity contribution in [2.24, 2.45) is 5.92 Å². The molecule has 3 rings (SSSR count). The summed E-state index contributed by atoms with van der Waals surface area (Å²) < 4.78 is 0. The van der Waals surface area contributed by atoms with Gasteiger partial charge in [-0.25, -0.2) is 0 Å². The highest BCUT2D eigenvalue weighted by Crippen LogP contribution is 2.21. The number of hydrogen-bond donors (Lipinski definition) is 3. The first-order valence-corrected chi connectivity index (χ1v) is 8.07. The van der Waals surface area contributed by atoms with Crippen LogP contribution < -0.4 is 16.0 Å². The highest BCUT2D eigenvalue weighted by molar-refractivity contribution is 5.96. The van der Waals surface area contributed by atoms with Crippen molar-refractivity contribution < 1.29 is 9.59 Å². The molecule has 0 radical (unpaired) electrons. The van der Waals surface area contributed by atoms with E-state index in [0.29, 0.717) is 17.6 Å². The quantitative estimate of drug-likeness (QED) is 0.795. The Hall–Kier alpha value is -1.88. The van der Waals surface area contributed by atoms with Crippen molar-refractivity contribution in [3.8, 4) is 0 Å². The molecule has 2 aliphatic rings. The van der Waals surface area contributed by atoms with E-state index in [1.807, 2.05) is 0 Å². The number of anilines is 1. The van der Waals surface area contributed by atoms with Gasteiger partial charge in [-0.15, -0.1) is 0 Å². The summed E-state index contributed by atoms with van der Waals surface area (Å²) in [5.74, 6) is 0.102. The van der Waals surface area contributed by atoms with E-state index < -0.39 is 0 Å². The molecule has 1 saturated heterocycles. The van der Waals surface area contributed by atoms with Gasteiger partial charge in [0.2, 0.25) is 5.91 Å². The summed E-state index contributed by atoms with van der Waals surface area (Å²) in [5.41, 5.74) is 1.39. The van der Waals surface area contributed by atoms with Gasteiger partial charge in [0.1, 0.15) is 0 Å². The maximum atomic E-state index is 12.3. The molecule has 0 spiro atoms. The number of piperidine rings is 1.